The Labute approximate surface area is 205 Å². The highest BCUT2D eigenvalue weighted by Gasteiger charge is 2.21. The van der Waals surface area contributed by atoms with Crippen LogP contribution in [0.1, 0.15) is 47.8 Å². The van der Waals surface area contributed by atoms with Crippen molar-refractivity contribution in [3.8, 4) is 16.9 Å². The van der Waals surface area contributed by atoms with E-state index >= 15 is 0 Å². The summed E-state index contributed by atoms with van der Waals surface area (Å²) in [7, 11) is 1.29. The molecular formula is C28H30N2O5. The molecule has 35 heavy (non-hydrogen) atoms. The van der Waals surface area contributed by atoms with Crippen LogP contribution in [0.25, 0.3) is 11.1 Å². The van der Waals surface area contributed by atoms with Gasteiger partial charge in [-0.15, -0.1) is 0 Å². The van der Waals surface area contributed by atoms with Crippen LogP contribution in [0.2, 0.25) is 0 Å². The van der Waals surface area contributed by atoms with Crippen LogP contribution in [0.3, 0.4) is 0 Å². The van der Waals surface area contributed by atoms with Crippen LogP contribution in [0, 0.1) is 0 Å². The third-order valence-electron chi connectivity index (χ3n) is 5.78. The maximum atomic E-state index is 12.0. The van der Waals surface area contributed by atoms with Crippen LogP contribution < -0.4 is 10.2 Å². The van der Waals surface area contributed by atoms with Gasteiger partial charge in [0.25, 0.3) is 0 Å². The predicted molar refractivity (Wildman–Crippen MR) is 134 cm³/mol. The van der Waals surface area contributed by atoms with Gasteiger partial charge in [0.2, 0.25) is 0 Å². The summed E-state index contributed by atoms with van der Waals surface area (Å²) >= 11 is 0. The van der Waals surface area contributed by atoms with Gasteiger partial charge in [0, 0.05) is 25.3 Å². The van der Waals surface area contributed by atoms with Crippen molar-refractivity contribution < 1.29 is 24.2 Å². The minimum absolute atomic E-state index is 0.103. The lowest BCUT2D eigenvalue weighted by atomic mass is 9.99. The molecular weight excluding hydrogens is 444 g/mol. The fraction of sp³-hybridized carbons (Fsp3) is 0.286. The molecule has 3 aromatic carbocycles. The first-order chi connectivity index (χ1) is 16.6. The highest BCUT2D eigenvalue weighted by atomic mass is 16.6. The number of phenols is 1. The van der Waals surface area contributed by atoms with E-state index < -0.39 is 17.7 Å². The van der Waals surface area contributed by atoms with E-state index in [0.29, 0.717) is 6.54 Å². The maximum Gasteiger partial charge on any atom is 0.407 e. The van der Waals surface area contributed by atoms with E-state index in [4.69, 9.17) is 9.47 Å². The van der Waals surface area contributed by atoms with Gasteiger partial charge in [-0.2, -0.15) is 0 Å². The number of carbonyl (C=O) groups is 2. The summed E-state index contributed by atoms with van der Waals surface area (Å²) in [5.74, 6) is -0.671. The monoisotopic (exact) mass is 474 g/mol. The fourth-order valence-electron chi connectivity index (χ4n) is 4.10. The van der Waals surface area contributed by atoms with E-state index in [9.17, 15) is 14.7 Å². The number of ether oxygens (including phenoxy) is 2. The van der Waals surface area contributed by atoms with E-state index in [1.807, 2.05) is 45.0 Å². The zero-order chi connectivity index (χ0) is 25.2. The van der Waals surface area contributed by atoms with Gasteiger partial charge >= 0.3 is 12.1 Å². The standard InChI is InChI=1S/C28H30N2O5/c1-28(2,3)35-27(33)29-15-18-6-5-7-23(12-18)30-16-21-9-8-19(13-22(21)17-30)20-10-11-24(25(31)14-20)26(32)34-4/h5-14,31H,15-17H2,1-4H3,(H,29,33). The Bertz CT molecular complexity index is 1260. The third-order valence-corrected chi connectivity index (χ3v) is 5.78. The molecule has 3 aromatic rings. The molecule has 2 N–H and O–H groups in total. The van der Waals surface area contributed by atoms with Crippen molar-refractivity contribution in [2.75, 3.05) is 12.0 Å². The Kier molecular flexibility index (Phi) is 6.69. The van der Waals surface area contributed by atoms with Crippen molar-refractivity contribution in [1.29, 1.82) is 0 Å². The molecule has 0 spiro atoms. The summed E-state index contributed by atoms with van der Waals surface area (Å²) in [4.78, 5) is 26.0. The van der Waals surface area contributed by atoms with Gasteiger partial charge in [-0.25, -0.2) is 9.59 Å². The van der Waals surface area contributed by atoms with Crippen LogP contribution in [-0.4, -0.2) is 29.9 Å². The molecule has 1 heterocycles. The minimum Gasteiger partial charge on any atom is -0.507 e. The van der Waals surface area contributed by atoms with Crippen LogP contribution in [0.15, 0.2) is 60.7 Å². The van der Waals surface area contributed by atoms with Gasteiger partial charge in [0.1, 0.15) is 16.9 Å². The lowest BCUT2D eigenvalue weighted by molar-refractivity contribution is 0.0522. The number of rotatable bonds is 5. The van der Waals surface area contributed by atoms with Gasteiger partial charge in [-0.1, -0.05) is 30.3 Å². The third kappa shape index (κ3) is 5.74. The smallest absolute Gasteiger partial charge is 0.407 e. The first-order valence-electron chi connectivity index (χ1n) is 11.5. The van der Waals surface area contributed by atoms with Crippen molar-refractivity contribution in [3.05, 3.63) is 82.9 Å². The number of carbonyl (C=O) groups excluding carboxylic acids is 2. The number of nitrogens with zero attached hydrogens (tertiary/aromatic N) is 1. The van der Waals surface area contributed by atoms with Gasteiger partial charge in [-0.3, -0.25) is 0 Å². The summed E-state index contributed by atoms with van der Waals surface area (Å²) in [6, 6.07) is 19.3. The van der Waals surface area contributed by atoms with Gasteiger partial charge in [0.15, 0.2) is 0 Å². The SMILES string of the molecule is COC(=O)c1ccc(-c2ccc3c(c2)CN(c2cccc(CNC(=O)OC(C)(C)C)c2)C3)cc1O. The molecule has 4 rings (SSSR count). The number of esters is 1. The van der Waals surface area contributed by atoms with Crippen molar-refractivity contribution in [3.63, 3.8) is 0 Å². The van der Waals surface area contributed by atoms with Crippen molar-refractivity contribution in [2.24, 2.45) is 0 Å². The number of phenolic OH excluding ortho intramolecular Hbond substituents is 1. The number of fused-ring (bicyclic) bond motifs is 1. The number of methoxy groups -OCH3 is 1. The van der Waals surface area contributed by atoms with Crippen molar-refractivity contribution in [2.45, 2.75) is 46.0 Å². The number of hydrogen-bond acceptors (Lipinski definition) is 6. The van der Waals surface area contributed by atoms with Crippen LogP contribution >= 0.6 is 0 Å². The average Bonchev–Trinajstić information content (AvgIpc) is 3.25. The Balaban J connectivity index is 1.46. The number of amides is 1. The van der Waals surface area contributed by atoms with Crippen LogP contribution in [0.4, 0.5) is 10.5 Å². The molecule has 0 atom stereocenters. The second kappa shape index (κ2) is 9.70. The molecule has 1 aliphatic heterocycles. The Morgan fingerprint density at radius 1 is 0.971 bits per heavy atom. The Morgan fingerprint density at radius 3 is 2.40 bits per heavy atom. The van der Waals surface area contributed by atoms with Crippen LogP contribution in [0.5, 0.6) is 5.75 Å². The highest BCUT2D eigenvalue weighted by molar-refractivity contribution is 5.93. The second-order valence-electron chi connectivity index (χ2n) is 9.59. The molecule has 0 aliphatic carbocycles. The molecule has 182 valence electrons. The zero-order valence-electron chi connectivity index (χ0n) is 20.4. The predicted octanol–water partition coefficient (Wildman–Crippen LogP) is 5.39. The zero-order valence-corrected chi connectivity index (χ0v) is 20.4. The number of alkyl carbamates (subject to hydrolysis) is 1. The van der Waals surface area contributed by atoms with Crippen molar-refractivity contribution >= 4 is 17.7 Å². The molecule has 0 aromatic heterocycles. The topological polar surface area (TPSA) is 88.1 Å². The molecule has 0 unspecified atom stereocenters. The molecule has 7 nitrogen and oxygen atoms in total. The van der Waals surface area contributed by atoms with E-state index in [0.717, 1.165) is 35.5 Å². The van der Waals surface area contributed by atoms with E-state index in [1.165, 1.54) is 18.2 Å². The van der Waals surface area contributed by atoms with E-state index in [2.05, 4.69) is 34.5 Å². The Hall–Kier alpha value is -4.00. The van der Waals surface area contributed by atoms with Crippen LogP contribution in [-0.2, 0) is 29.1 Å². The summed E-state index contributed by atoms with van der Waals surface area (Å²) in [6.45, 7) is 7.43. The maximum absolute atomic E-state index is 12.0. The molecule has 0 saturated heterocycles. The molecule has 7 heteroatoms. The second-order valence-corrected chi connectivity index (χ2v) is 9.59. The summed E-state index contributed by atoms with van der Waals surface area (Å²) < 4.78 is 10.0. The average molecular weight is 475 g/mol. The lowest BCUT2D eigenvalue weighted by Crippen LogP contribution is -2.32. The summed E-state index contributed by atoms with van der Waals surface area (Å²) in [6.07, 6.45) is -0.435. The number of aromatic hydroxyl groups is 1. The molecule has 1 amide bonds. The first-order valence-corrected chi connectivity index (χ1v) is 11.5. The fourth-order valence-corrected chi connectivity index (χ4v) is 4.10. The highest BCUT2D eigenvalue weighted by Crippen LogP contribution is 2.33. The number of nitrogens with one attached hydrogen (secondary N) is 1. The summed E-state index contributed by atoms with van der Waals surface area (Å²) in [5, 5.41) is 13.1. The number of hydrogen-bond donors (Lipinski definition) is 2. The van der Waals surface area contributed by atoms with Crippen molar-refractivity contribution in [1.82, 2.24) is 5.32 Å². The first kappa shape index (κ1) is 24.1. The lowest BCUT2D eigenvalue weighted by Gasteiger charge is -2.20. The number of anilines is 1. The normalized spacial score (nSPS) is 12.7. The molecule has 0 bridgehead atoms. The largest absolute Gasteiger partial charge is 0.507 e. The Morgan fingerprint density at radius 2 is 1.69 bits per heavy atom. The molecule has 0 fully saturated rings. The van der Waals surface area contributed by atoms with Gasteiger partial charge in [0.05, 0.1) is 7.11 Å². The summed E-state index contributed by atoms with van der Waals surface area (Å²) in [5.41, 5.74) is 5.91. The quantitative estimate of drug-likeness (QED) is 0.482. The van der Waals surface area contributed by atoms with Gasteiger partial charge < -0.3 is 24.8 Å². The van der Waals surface area contributed by atoms with Gasteiger partial charge in [-0.05, 0) is 78.9 Å². The van der Waals surface area contributed by atoms with E-state index in [-0.39, 0.29) is 11.3 Å². The number of benzene rings is 3. The molecule has 0 radical (unpaired) electrons. The molecule has 1 aliphatic rings. The minimum atomic E-state index is -0.567. The molecule has 0 saturated carbocycles. The van der Waals surface area contributed by atoms with E-state index in [1.54, 1.807) is 12.1 Å².